The standard InChI is InChI=1S/C19H14Cl2O3/c1-10-8-12-4-7-14(21)9-15(12)17(16(10)18(22)19(23)24)11-2-5-13(20)6-3-11/h2-9,18,22H,1H3,(H,23,24). The molecule has 1 unspecified atom stereocenters. The molecule has 1 atom stereocenters. The van der Waals surface area contributed by atoms with Gasteiger partial charge in [-0.3, -0.25) is 0 Å². The fraction of sp³-hybridized carbons (Fsp3) is 0.105. The smallest absolute Gasteiger partial charge is 0.337 e. The first-order chi connectivity index (χ1) is 11.4. The predicted molar refractivity (Wildman–Crippen MR) is 96.7 cm³/mol. The Bertz CT molecular complexity index is 933. The van der Waals surface area contributed by atoms with Crippen molar-refractivity contribution in [2.45, 2.75) is 13.0 Å². The summed E-state index contributed by atoms with van der Waals surface area (Å²) in [4.78, 5) is 11.4. The number of hydrogen-bond donors (Lipinski definition) is 2. The van der Waals surface area contributed by atoms with Crippen molar-refractivity contribution in [1.82, 2.24) is 0 Å². The van der Waals surface area contributed by atoms with Crippen LogP contribution >= 0.6 is 23.2 Å². The zero-order valence-electron chi connectivity index (χ0n) is 12.8. The molecule has 0 amide bonds. The van der Waals surface area contributed by atoms with Gasteiger partial charge in [-0.05, 0) is 58.7 Å². The molecule has 0 aliphatic rings. The van der Waals surface area contributed by atoms with Crippen molar-refractivity contribution in [3.05, 3.63) is 69.7 Å². The van der Waals surface area contributed by atoms with Crippen molar-refractivity contribution < 1.29 is 15.0 Å². The normalized spacial score (nSPS) is 12.3. The summed E-state index contributed by atoms with van der Waals surface area (Å²) in [5, 5.41) is 22.4. The molecule has 0 heterocycles. The molecule has 0 bridgehead atoms. The van der Waals surface area contributed by atoms with Crippen LogP contribution in [0, 0.1) is 6.92 Å². The summed E-state index contributed by atoms with van der Waals surface area (Å²) in [6.45, 7) is 1.79. The first kappa shape index (κ1) is 16.8. The lowest BCUT2D eigenvalue weighted by molar-refractivity contribution is -0.146. The van der Waals surface area contributed by atoms with E-state index in [2.05, 4.69) is 0 Å². The van der Waals surface area contributed by atoms with E-state index in [9.17, 15) is 15.0 Å². The molecular weight excluding hydrogens is 347 g/mol. The van der Waals surface area contributed by atoms with Crippen LogP contribution in [-0.2, 0) is 4.79 Å². The highest BCUT2D eigenvalue weighted by atomic mass is 35.5. The molecule has 3 aromatic rings. The lowest BCUT2D eigenvalue weighted by Gasteiger charge is -2.19. The first-order valence-electron chi connectivity index (χ1n) is 7.28. The quantitative estimate of drug-likeness (QED) is 0.671. The number of carbonyl (C=O) groups is 1. The maximum atomic E-state index is 11.4. The van der Waals surface area contributed by atoms with Crippen LogP contribution in [0.4, 0.5) is 0 Å². The van der Waals surface area contributed by atoms with Crippen LogP contribution < -0.4 is 0 Å². The average molecular weight is 361 g/mol. The second-order valence-electron chi connectivity index (χ2n) is 5.60. The Morgan fingerprint density at radius 3 is 2.25 bits per heavy atom. The molecule has 2 N–H and O–H groups in total. The first-order valence-corrected chi connectivity index (χ1v) is 8.03. The van der Waals surface area contributed by atoms with Gasteiger partial charge in [-0.2, -0.15) is 0 Å². The third kappa shape index (κ3) is 2.98. The number of hydrogen-bond acceptors (Lipinski definition) is 2. The minimum Gasteiger partial charge on any atom is -0.479 e. The molecule has 24 heavy (non-hydrogen) atoms. The zero-order chi connectivity index (χ0) is 17.4. The number of aliphatic hydroxyl groups is 1. The average Bonchev–Trinajstić information content (AvgIpc) is 2.54. The van der Waals surface area contributed by atoms with Gasteiger partial charge in [0.05, 0.1) is 0 Å². The van der Waals surface area contributed by atoms with E-state index in [1.165, 1.54) is 0 Å². The molecule has 3 rings (SSSR count). The number of aliphatic hydroxyl groups excluding tert-OH is 1. The number of carboxylic acid groups (broad SMARTS) is 1. The molecule has 122 valence electrons. The Balaban J connectivity index is 2.44. The highest BCUT2D eigenvalue weighted by molar-refractivity contribution is 6.31. The Labute approximate surface area is 149 Å². The third-order valence-electron chi connectivity index (χ3n) is 3.99. The van der Waals surface area contributed by atoms with E-state index in [1.807, 2.05) is 12.1 Å². The highest BCUT2D eigenvalue weighted by Crippen LogP contribution is 2.39. The van der Waals surface area contributed by atoms with Crippen molar-refractivity contribution in [3.8, 4) is 11.1 Å². The molecule has 3 aromatic carbocycles. The predicted octanol–water partition coefficient (Wildman–Crippen LogP) is 5.24. The lowest BCUT2D eigenvalue weighted by Crippen LogP contribution is -2.13. The van der Waals surface area contributed by atoms with Gasteiger partial charge >= 0.3 is 5.97 Å². The van der Waals surface area contributed by atoms with Crippen LogP contribution in [0.5, 0.6) is 0 Å². The monoisotopic (exact) mass is 360 g/mol. The lowest BCUT2D eigenvalue weighted by atomic mass is 9.87. The summed E-state index contributed by atoms with van der Waals surface area (Å²) < 4.78 is 0. The van der Waals surface area contributed by atoms with Gasteiger partial charge in [-0.15, -0.1) is 0 Å². The molecule has 0 spiro atoms. The van der Waals surface area contributed by atoms with Crippen molar-refractivity contribution in [3.63, 3.8) is 0 Å². The Hall–Kier alpha value is -2.07. The number of aliphatic carboxylic acids is 1. The van der Waals surface area contributed by atoms with Crippen LogP contribution in [0.25, 0.3) is 21.9 Å². The van der Waals surface area contributed by atoms with Gasteiger partial charge in [-0.1, -0.05) is 47.5 Å². The Kier molecular flexibility index (Phi) is 4.50. The molecule has 0 fully saturated rings. The van der Waals surface area contributed by atoms with Gasteiger partial charge in [0.2, 0.25) is 0 Å². The van der Waals surface area contributed by atoms with Crippen LogP contribution in [-0.4, -0.2) is 16.2 Å². The second kappa shape index (κ2) is 6.44. The number of rotatable bonds is 3. The van der Waals surface area contributed by atoms with E-state index in [1.54, 1.807) is 43.3 Å². The topological polar surface area (TPSA) is 57.5 Å². The Morgan fingerprint density at radius 1 is 1.00 bits per heavy atom. The molecular formula is C19H14Cl2O3. The maximum Gasteiger partial charge on any atom is 0.337 e. The largest absolute Gasteiger partial charge is 0.479 e. The molecule has 0 aromatic heterocycles. The molecule has 0 aliphatic carbocycles. The van der Waals surface area contributed by atoms with Gasteiger partial charge in [0, 0.05) is 15.6 Å². The van der Waals surface area contributed by atoms with Crippen LogP contribution in [0.1, 0.15) is 17.2 Å². The van der Waals surface area contributed by atoms with E-state index >= 15 is 0 Å². The van der Waals surface area contributed by atoms with E-state index in [-0.39, 0.29) is 0 Å². The summed E-state index contributed by atoms with van der Waals surface area (Å²) in [7, 11) is 0. The number of benzene rings is 3. The number of fused-ring (bicyclic) bond motifs is 1. The minimum atomic E-state index is -1.63. The van der Waals surface area contributed by atoms with Crippen molar-refractivity contribution in [2.75, 3.05) is 0 Å². The number of carboxylic acids is 1. The molecule has 0 aliphatic heterocycles. The van der Waals surface area contributed by atoms with E-state index in [4.69, 9.17) is 23.2 Å². The van der Waals surface area contributed by atoms with Crippen molar-refractivity contribution >= 4 is 39.9 Å². The number of aryl methyl sites for hydroxylation is 1. The van der Waals surface area contributed by atoms with Crippen molar-refractivity contribution in [2.24, 2.45) is 0 Å². The van der Waals surface area contributed by atoms with E-state index in [0.717, 1.165) is 16.3 Å². The summed E-state index contributed by atoms with van der Waals surface area (Å²) in [5.41, 5.74) is 2.48. The van der Waals surface area contributed by atoms with Gasteiger partial charge in [-0.25, -0.2) is 4.79 Å². The van der Waals surface area contributed by atoms with Gasteiger partial charge in [0.15, 0.2) is 6.10 Å². The van der Waals surface area contributed by atoms with Gasteiger partial charge in [0.25, 0.3) is 0 Å². The van der Waals surface area contributed by atoms with E-state index < -0.39 is 12.1 Å². The minimum absolute atomic E-state index is 0.361. The maximum absolute atomic E-state index is 11.4. The molecule has 0 radical (unpaired) electrons. The summed E-state index contributed by atoms with van der Waals surface area (Å²) >= 11 is 12.1. The SMILES string of the molecule is Cc1cc2ccc(Cl)cc2c(-c2ccc(Cl)cc2)c1C(O)C(=O)O. The molecule has 5 heteroatoms. The Morgan fingerprint density at radius 2 is 1.62 bits per heavy atom. The highest BCUT2D eigenvalue weighted by Gasteiger charge is 2.24. The fourth-order valence-corrected chi connectivity index (χ4v) is 3.23. The molecule has 0 saturated heterocycles. The van der Waals surface area contributed by atoms with Crippen LogP contribution in [0.15, 0.2) is 48.5 Å². The fourth-order valence-electron chi connectivity index (χ4n) is 2.93. The summed E-state index contributed by atoms with van der Waals surface area (Å²) in [6, 6.07) is 14.3. The molecule has 0 saturated carbocycles. The second-order valence-corrected chi connectivity index (χ2v) is 6.47. The van der Waals surface area contributed by atoms with E-state index in [0.29, 0.717) is 26.7 Å². The van der Waals surface area contributed by atoms with Crippen LogP contribution in [0.2, 0.25) is 10.0 Å². The number of halogens is 2. The van der Waals surface area contributed by atoms with Crippen molar-refractivity contribution in [1.29, 1.82) is 0 Å². The van der Waals surface area contributed by atoms with Gasteiger partial charge < -0.3 is 10.2 Å². The molecule has 3 nitrogen and oxygen atoms in total. The summed E-state index contributed by atoms with van der Waals surface area (Å²) in [5.74, 6) is -1.30. The zero-order valence-corrected chi connectivity index (χ0v) is 14.3. The van der Waals surface area contributed by atoms with Gasteiger partial charge in [0.1, 0.15) is 0 Å². The third-order valence-corrected chi connectivity index (χ3v) is 4.48. The van der Waals surface area contributed by atoms with Crippen LogP contribution in [0.3, 0.4) is 0 Å². The summed E-state index contributed by atoms with van der Waals surface area (Å²) in [6.07, 6.45) is -1.63.